The molecule has 0 radical (unpaired) electrons. The van der Waals surface area contributed by atoms with Crippen LogP contribution in [0.2, 0.25) is 0 Å². The van der Waals surface area contributed by atoms with Crippen LogP contribution in [0.15, 0.2) is 34.5 Å². The van der Waals surface area contributed by atoms with E-state index in [0.717, 1.165) is 30.7 Å². The van der Waals surface area contributed by atoms with Crippen molar-refractivity contribution < 1.29 is 17.9 Å². The van der Waals surface area contributed by atoms with Gasteiger partial charge in [0.15, 0.2) is 0 Å². The Kier molecular flexibility index (Phi) is 8.70. The summed E-state index contributed by atoms with van der Waals surface area (Å²) in [6.07, 6.45) is 5.61. The predicted molar refractivity (Wildman–Crippen MR) is 128 cm³/mol. The first kappa shape index (κ1) is 24.7. The van der Waals surface area contributed by atoms with Crippen LogP contribution >= 0.6 is 11.3 Å². The summed E-state index contributed by atoms with van der Waals surface area (Å²) in [5.74, 6) is 0.0297. The summed E-state index contributed by atoms with van der Waals surface area (Å²) in [4.78, 5) is 12.7. The molecule has 0 aliphatic carbocycles. The van der Waals surface area contributed by atoms with E-state index in [9.17, 15) is 13.2 Å². The molecule has 1 saturated heterocycles. The van der Waals surface area contributed by atoms with Gasteiger partial charge in [0, 0.05) is 41.6 Å². The van der Waals surface area contributed by atoms with Crippen LogP contribution < -0.4 is 15.8 Å². The quantitative estimate of drug-likeness (QED) is 0.481. The average molecular weight is 480 g/mol. The zero-order chi connectivity index (χ0) is 23.1. The second-order valence-electron chi connectivity index (χ2n) is 8.09. The van der Waals surface area contributed by atoms with E-state index in [0.29, 0.717) is 46.6 Å². The van der Waals surface area contributed by atoms with E-state index in [1.807, 2.05) is 0 Å². The third-order valence-electron chi connectivity index (χ3n) is 5.87. The molecule has 0 bridgehead atoms. The first-order valence-corrected chi connectivity index (χ1v) is 13.4. The number of hydrogen-bond acceptors (Lipinski definition) is 6. The molecule has 1 aromatic carbocycles. The summed E-state index contributed by atoms with van der Waals surface area (Å²) >= 11 is 1.24. The van der Waals surface area contributed by atoms with Crippen molar-refractivity contribution in [3.63, 3.8) is 0 Å². The molecule has 1 aliphatic rings. The Morgan fingerprint density at radius 1 is 1.22 bits per heavy atom. The molecule has 1 aliphatic heterocycles. The number of benzene rings is 1. The number of unbranched alkanes of at least 4 members (excludes halogenated alkanes) is 2. The van der Waals surface area contributed by atoms with E-state index >= 15 is 0 Å². The van der Waals surface area contributed by atoms with Crippen molar-refractivity contribution >= 4 is 27.3 Å². The number of carbonyl (C=O) groups is 1. The minimum Gasteiger partial charge on any atom is -0.496 e. The lowest BCUT2D eigenvalue weighted by molar-refractivity contribution is 0.0999. The van der Waals surface area contributed by atoms with Crippen LogP contribution in [0.25, 0.3) is 0 Å². The second-order valence-corrected chi connectivity index (χ2v) is 11.4. The van der Waals surface area contributed by atoms with Crippen molar-refractivity contribution in [1.82, 2.24) is 9.62 Å². The lowest BCUT2D eigenvalue weighted by Gasteiger charge is -2.31. The fraction of sp³-hybridized carbons (Fsp3) is 0.522. The summed E-state index contributed by atoms with van der Waals surface area (Å²) < 4.78 is 33.7. The van der Waals surface area contributed by atoms with Gasteiger partial charge in [0.1, 0.15) is 9.96 Å². The smallest absolute Gasteiger partial charge is 0.252 e. The van der Waals surface area contributed by atoms with Crippen LogP contribution in [0, 0.1) is 0 Å². The molecule has 0 atom stereocenters. The average Bonchev–Trinajstić information content (AvgIpc) is 3.26. The maximum Gasteiger partial charge on any atom is 0.252 e. The molecule has 7 nitrogen and oxygen atoms in total. The highest BCUT2D eigenvalue weighted by molar-refractivity contribution is 7.91. The number of piperidine rings is 1. The third-order valence-corrected chi connectivity index (χ3v) is 9.32. The Morgan fingerprint density at radius 2 is 1.97 bits per heavy atom. The number of ether oxygens (including phenoxy) is 1. The standard InChI is InChI=1S/C23H33N3O4S2/c1-3-4-5-13-25-17-11-14-26(15-12-17)32(28,29)22-10-9-18(31-22)16-20-19(23(24)27)7-6-8-21(20)30-2/h6-10,17,25H,3-5,11-16H2,1-2H3,(H2,24,27). The molecule has 1 amide bonds. The van der Waals surface area contributed by atoms with E-state index in [1.165, 1.54) is 31.3 Å². The van der Waals surface area contributed by atoms with E-state index in [1.54, 1.807) is 34.6 Å². The summed E-state index contributed by atoms with van der Waals surface area (Å²) in [5, 5.41) is 3.56. The molecule has 0 unspecified atom stereocenters. The zero-order valence-electron chi connectivity index (χ0n) is 18.8. The van der Waals surface area contributed by atoms with Crippen LogP contribution in [0.4, 0.5) is 0 Å². The minimum absolute atomic E-state index is 0.331. The monoisotopic (exact) mass is 479 g/mol. The van der Waals surface area contributed by atoms with E-state index in [2.05, 4.69) is 12.2 Å². The van der Waals surface area contributed by atoms with Crippen LogP contribution in [-0.4, -0.2) is 51.4 Å². The van der Waals surface area contributed by atoms with Crippen molar-refractivity contribution in [2.75, 3.05) is 26.7 Å². The number of sulfonamides is 1. The molecule has 0 saturated carbocycles. The number of methoxy groups -OCH3 is 1. The normalized spacial score (nSPS) is 15.7. The van der Waals surface area contributed by atoms with Gasteiger partial charge in [-0.25, -0.2) is 8.42 Å². The van der Waals surface area contributed by atoms with Crippen molar-refractivity contribution in [2.24, 2.45) is 5.73 Å². The number of nitrogens with two attached hydrogens (primary N) is 1. The van der Waals surface area contributed by atoms with Gasteiger partial charge in [-0.05, 0) is 50.1 Å². The van der Waals surface area contributed by atoms with Crippen LogP contribution in [0.1, 0.15) is 59.8 Å². The molecule has 1 aromatic heterocycles. The van der Waals surface area contributed by atoms with Crippen LogP contribution in [0.5, 0.6) is 5.75 Å². The Balaban J connectivity index is 1.66. The number of rotatable bonds is 11. The van der Waals surface area contributed by atoms with Crippen LogP contribution in [0.3, 0.4) is 0 Å². The molecule has 2 aromatic rings. The topological polar surface area (TPSA) is 102 Å². The van der Waals surface area contributed by atoms with Crippen molar-refractivity contribution in [1.29, 1.82) is 0 Å². The highest BCUT2D eigenvalue weighted by Gasteiger charge is 2.30. The Hall–Kier alpha value is -1.94. The largest absolute Gasteiger partial charge is 0.496 e. The SMILES string of the molecule is CCCCCNC1CCN(S(=O)(=O)c2ccc(Cc3c(OC)cccc3C(N)=O)s2)CC1. The van der Waals surface area contributed by atoms with Crippen molar-refractivity contribution in [3.05, 3.63) is 46.3 Å². The molecule has 0 spiro atoms. The predicted octanol–water partition coefficient (Wildman–Crippen LogP) is 3.38. The van der Waals surface area contributed by atoms with Gasteiger partial charge in [0.2, 0.25) is 5.91 Å². The Morgan fingerprint density at radius 3 is 2.62 bits per heavy atom. The van der Waals surface area contributed by atoms with Gasteiger partial charge in [-0.1, -0.05) is 25.8 Å². The maximum atomic E-state index is 13.2. The van der Waals surface area contributed by atoms with Gasteiger partial charge in [-0.15, -0.1) is 11.3 Å². The molecule has 9 heteroatoms. The van der Waals surface area contributed by atoms with E-state index in [4.69, 9.17) is 10.5 Å². The molecular weight excluding hydrogens is 446 g/mol. The lowest BCUT2D eigenvalue weighted by Crippen LogP contribution is -2.44. The number of hydrogen-bond donors (Lipinski definition) is 2. The van der Waals surface area contributed by atoms with Gasteiger partial charge in [0.25, 0.3) is 10.0 Å². The Labute approximate surface area is 195 Å². The molecule has 32 heavy (non-hydrogen) atoms. The van der Waals surface area contributed by atoms with Gasteiger partial charge in [0.05, 0.1) is 7.11 Å². The molecule has 2 heterocycles. The number of carbonyl (C=O) groups excluding carboxylic acids is 1. The van der Waals surface area contributed by atoms with E-state index in [-0.39, 0.29) is 0 Å². The summed E-state index contributed by atoms with van der Waals surface area (Å²) in [7, 11) is -1.99. The molecule has 3 N–H and O–H groups in total. The summed E-state index contributed by atoms with van der Waals surface area (Å²) in [6.45, 7) is 4.24. The third kappa shape index (κ3) is 5.89. The van der Waals surface area contributed by atoms with Gasteiger partial charge >= 0.3 is 0 Å². The zero-order valence-corrected chi connectivity index (χ0v) is 20.4. The van der Waals surface area contributed by atoms with Crippen LogP contribution in [-0.2, 0) is 16.4 Å². The van der Waals surface area contributed by atoms with Gasteiger partial charge < -0.3 is 15.8 Å². The number of nitrogens with zero attached hydrogens (tertiary/aromatic N) is 1. The van der Waals surface area contributed by atoms with Crippen molar-refractivity contribution in [2.45, 2.75) is 55.7 Å². The van der Waals surface area contributed by atoms with Gasteiger partial charge in [-0.2, -0.15) is 4.31 Å². The number of amides is 1. The lowest BCUT2D eigenvalue weighted by atomic mass is 10.0. The molecule has 3 rings (SSSR count). The first-order valence-electron chi connectivity index (χ1n) is 11.1. The number of nitrogens with one attached hydrogen (secondary N) is 1. The number of thiophene rings is 1. The fourth-order valence-electron chi connectivity index (χ4n) is 4.04. The fourth-order valence-corrected chi connectivity index (χ4v) is 7.04. The maximum absolute atomic E-state index is 13.2. The first-order chi connectivity index (χ1) is 15.4. The Bertz CT molecular complexity index is 1010. The second kappa shape index (κ2) is 11.3. The van der Waals surface area contributed by atoms with Gasteiger partial charge in [-0.3, -0.25) is 4.79 Å². The molecular formula is C23H33N3O4S2. The van der Waals surface area contributed by atoms with E-state index < -0.39 is 15.9 Å². The van der Waals surface area contributed by atoms with Crippen molar-refractivity contribution in [3.8, 4) is 5.75 Å². The summed E-state index contributed by atoms with van der Waals surface area (Å²) in [5.41, 5.74) is 6.58. The highest BCUT2D eigenvalue weighted by Crippen LogP contribution is 2.31. The highest BCUT2D eigenvalue weighted by atomic mass is 32.2. The molecule has 1 fully saturated rings. The number of primary amides is 1. The summed E-state index contributed by atoms with van der Waals surface area (Å²) in [6, 6.07) is 8.99. The molecule has 176 valence electrons. The minimum atomic E-state index is -3.53.